The summed E-state index contributed by atoms with van der Waals surface area (Å²) in [5.74, 6) is 1.54. The van der Waals surface area contributed by atoms with Crippen LogP contribution >= 0.6 is 11.3 Å². The maximum Gasteiger partial charge on any atom is 0.413 e. The highest BCUT2D eigenvalue weighted by molar-refractivity contribution is 7.17. The number of hydrogen-bond donors (Lipinski definition) is 2. The zero-order chi connectivity index (χ0) is 13.9. The van der Waals surface area contributed by atoms with Crippen molar-refractivity contribution in [1.29, 1.82) is 0 Å². The van der Waals surface area contributed by atoms with Gasteiger partial charge in [-0.1, -0.05) is 11.3 Å². The summed E-state index contributed by atoms with van der Waals surface area (Å²) >= 11 is 0.906. The van der Waals surface area contributed by atoms with Crippen molar-refractivity contribution in [3.8, 4) is 12.3 Å². The smallest absolute Gasteiger partial charge is 0.413 e. The molecule has 6 nitrogen and oxygen atoms in total. The zero-order valence-corrected chi connectivity index (χ0v) is 11.1. The van der Waals surface area contributed by atoms with E-state index in [0.29, 0.717) is 0 Å². The van der Waals surface area contributed by atoms with Crippen molar-refractivity contribution in [2.24, 2.45) is 5.73 Å². The van der Waals surface area contributed by atoms with Gasteiger partial charge in [0.15, 0.2) is 5.13 Å². The van der Waals surface area contributed by atoms with Gasteiger partial charge in [0.05, 0.1) is 0 Å². The molecule has 0 unspecified atom stereocenters. The van der Waals surface area contributed by atoms with Crippen LogP contribution in [0, 0.1) is 12.3 Å². The van der Waals surface area contributed by atoms with E-state index >= 15 is 0 Å². The summed E-state index contributed by atoms with van der Waals surface area (Å²) in [6.45, 7) is 5.20. The highest BCUT2D eigenvalue weighted by Gasteiger charge is 2.19. The van der Waals surface area contributed by atoms with E-state index in [1.165, 1.54) is 0 Å². The molecule has 0 fully saturated rings. The van der Waals surface area contributed by atoms with E-state index in [4.69, 9.17) is 16.9 Å². The second-order valence-corrected chi connectivity index (χ2v) is 5.33. The molecule has 7 heteroatoms. The quantitative estimate of drug-likeness (QED) is 0.795. The SMILES string of the molecule is C#Cc1nc(NC(=O)OC(C)(C)C)sc1C(N)=O. The summed E-state index contributed by atoms with van der Waals surface area (Å²) in [4.78, 5) is 26.6. The molecule has 96 valence electrons. The number of primary amides is 1. The summed E-state index contributed by atoms with van der Waals surface area (Å²) in [6.07, 6.45) is 4.51. The molecule has 0 atom stereocenters. The highest BCUT2D eigenvalue weighted by Crippen LogP contribution is 2.22. The molecule has 1 rings (SSSR count). The van der Waals surface area contributed by atoms with Crippen molar-refractivity contribution in [2.75, 3.05) is 5.32 Å². The second kappa shape index (κ2) is 5.06. The minimum atomic E-state index is -0.683. The van der Waals surface area contributed by atoms with Gasteiger partial charge in [-0.25, -0.2) is 9.78 Å². The Morgan fingerprint density at radius 2 is 2.11 bits per heavy atom. The molecular weight excluding hydrogens is 254 g/mol. The molecule has 0 radical (unpaired) electrons. The lowest BCUT2D eigenvalue weighted by atomic mass is 10.2. The molecule has 18 heavy (non-hydrogen) atoms. The standard InChI is InChI=1S/C11H13N3O3S/c1-5-6-7(8(12)15)18-9(13-6)14-10(16)17-11(2,3)4/h1H,2-4H3,(H2,12,15)(H,13,14,16). The van der Waals surface area contributed by atoms with Crippen molar-refractivity contribution in [3.63, 3.8) is 0 Å². The number of thiazole rings is 1. The van der Waals surface area contributed by atoms with Gasteiger partial charge in [-0.2, -0.15) is 0 Å². The van der Waals surface area contributed by atoms with Gasteiger partial charge >= 0.3 is 6.09 Å². The molecule has 3 N–H and O–H groups in total. The summed E-state index contributed by atoms with van der Waals surface area (Å²) in [7, 11) is 0. The zero-order valence-electron chi connectivity index (χ0n) is 10.2. The van der Waals surface area contributed by atoms with Gasteiger partial charge in [0.2, 0.25) is 0 Å². The summed E-state index contributed by atoms with van der Waals surface area (Å²) in [5, 5.41) is 2.56. The number of hydrogen-bond acceptors (Lipinski definition) is 5. The molecule has 0 aliphatic heterocycles. The van der Waals surface area contributed by atoms with Gasteiger partial charge in [0, 0.05) is 0 Å². The van der Waals surface area contributed by atoms with E-state index in [1.54, 1.807) is 20.8 Å². The van der Waals surface area contributed by atoms with Crippen molar-refractivity contribution in [3.05, 3.63) is 10.6 Å². The van der Waals surface area contributed by atoms with Crippen molar-refractivity contribution < 1.29 is 14.3 Å². The van der Waals surface area contributed by atoms with Crippen LogP contribution in [0.15, 0.2) is 0 Å². The van der Waals surface area contributed by atoms with E-state index in [0.717, 1.165) is 11.3 Å². The summed E-state index contributed by atoms with van der Waals surface area (Å²) in [6, 6.07) is 0. The number of nitrogens with zero attached hydrogens (tertiary/aromatic N) is 1. The number of nitrogens with one attached hydrogen (secondary N) is 1. The fourth-order valence-electron chi connectivity index (χ4n) is 1.03. The summed E-state index contributed by atoms with van der Waals surface area (Å²) < 4.78 is 5.03. The normalized spacial score (nSPS) is 10.6. The number of amides is 2. The molecule has 0 saturated carbocycles. The molecule has 0 spiro atoms. The number of carbonyl (C=O) groups is 2. The van der Waals surface area contributed by atoms with Gasteiger partial charge in [-0.3, -0.25) is 10.1 Å². The van der Waals surface area contributed by atoms with E-state index in [1.807, 2.05) is 0 Å². The Hall–Kier alpha value is -2.07. The topological polar surface area (TPSA) is 94.3 Å². The molecule has 2 amide bonds. The monoisotopic (exact) mass is 267 g/mol. The number of nitrogens with two attached hydrogens (primary N) is 1. The Bertz CT molecular complexity index is 523. The maximum atomic E-state index is 11.5. The predicted octanol–water partition coefficient (Wildman–Crippen LogP) is 1.57. The van der Waals surface area contributed by atoms with Crippen molar-refractivity contribution in [1.82, 2.24) is 4.98 Å². The van der Waals surface area contributed by atoms with Crippen LogP contribution in [-0.2, 0) is 4.74 Å². The van der Waals surface area contributed by atoms with E-state index in [2.05, 4.69) is 16.2 Å². The Labute approximate surface area is 109 Å². The number of terminal acetylenes is 1. The Morgan fingerprint density at radius 3 is 2.50 bits per heavy atom. The van der Waals surface area contributed by atoms with Crippen molar-refractivity contribution >= 4 is 28.5 Å². The maximum absolute atomic E-state index is 11.5. The molecular formula is C11H13N3O3S. The third-order valence-electron chi connectivity index (χ3n) is 1.60. The number of ether oxygens (including phenoxy) is 1. The number of anilines is 1. The van der Waals surface area contributed by atoms with Crippen LogP contribution in [0.3, 0.4) is 0 Å². The minimum absolute atomic E-state index is 0.110. The van der Waals surface area contributed by atoms with Gasteiger partial charge in [0.1, 0.15) is 16.2 Å². The van der Waals surface area contributed by atoms with Gasteiger partial charge < -0.3 is 10.5 Å². The fraction of sp³-hybridized carbons (Fsp3) is 0.364. The molecule has 1 aromatic rings. The van der Waals surface area contributed by atoms with E-state index in [-0.39, 0.29) is 15.7 Å². The minimum Gasteiger partial charge on any atom is -0.444 e. The third kappa shape index (κ3) is 3.75. The van der Waals surface area contributed by atoms with Crippen LogP contribution in [-0.4, -0.2) is 22.6 Å². The van der Waals surface area contributed by atoms with Gasteiger partial charge in [-0.15, -0.1) is 6.42 Å². The van der Waals surface area contributed by atoms with Crippen LogP contribution in [0.4, 0.5) is 9.93 Å². The van der Waals surface area contributed by atoms with Crippen LogP contribution in [0.1, 0.15) is 36.1 Å². The number of rotatable bonds is 2. The predicted molar refractivity (Wildman–Crippen MR) is 68.4 cm³/mol. The second-order valence-electron chi connectivity index (χ2n) is 4.33. The molecule has 0 bridgehead atoms. The lowest BCUT2D eigenvalue weighted by Crippen LogP contribution is -2.27. The molecule has 1 heterocycles. The fourth-order valence-corrected chi connectivity index (χ4v) is 1.80. The van der Waals surface area contributed by atoms with Crippen LogP contribution in [0.5, 0.6) is 0 Å². The first kappa shape index (κ1) is 14.0. The van der Waals surface area contributed by atoms with Crippen LogP contribution < -0.4 is 11.1 Å². The van der Waals surface area contributed by atoms with Gasteiger partial charge in [-0.05, 0) is 26.7 Å². The lowest BCUT2D eigenvalue weighted by molar-refractivity contribution is 0.0635. The number of carbonyl (C=O) groups excluding carboxylic acids is 2. The lowest BCUT2D eigenvalue weighted by Gasteiger charge is -2.18. The Kier molecular flexibility index (Phi) is 3.93. The molecule has 0 saturated heterocycles. The molecule has 0 aliphatic rings. The highest BCUT2D eigenvalue weighted by atomic mass is 32.1. The third-order valence-corrected chi connectivity index (χ3v) is 2.58. The average Bonchev–Trinajstić information content (AvgIpc) is 2.57. The summed E-state index contributed by atoms with van der Waals surface area (Å²) in [5.41, 5.74) is 4.62. The van der Waals surface area contributed by atoms with Crippen LogP contribution in [0.25, 0.3) is 0 Å². The van der Waals surface area contributed by atoms with Gasteiger partial charge in [0.25, 0.3) is 5.91 Å². The number of aromatic nitrogens is 1. The first-order valence-corrected chi connectivity index (χ1v) is 5.82. The largest absolute Gasteiger partial charge is 0.444 e. The molecule has 0 aromatic carbocycles. The first-order chi connectivity index (χ1) is 8.23. The van der Waals surface area contributed by atoms with E-state index < -0.39 is 17.6 Å². The first-order valence-electron chi connectivity index (χ1n) is 5.00. The molecule has 1 aromatic heterocycles. The van der Waals surface area contributed by atoms with Crippen LogP contribution in [0.2, 0.25) is 0 Å². The average molecular weight is 267 g/mol. The van der Waals surface area contributed by atoms with E-state index in [9.17, 15) is 9.59 Å². The Morgan fingerprint density at radius 1 is 1.50 bits per heavy atom. The Balaban J connectivity index is 2.84. The molecule has 0 aliphatic carbocycles. The van der Waals surface area contributed by atoms with Crippen molar-refractivity contribution in [2.45, 2.75) is 26.4 Å².